The third-order valence-corrected chi connectivity index (χ3v) is 7.25. The Labute approximate surface area is 212 Å². The van der Waals surface area contributed by atoms with Crippen molar-refractivity contribution in [2.45, 2.75) is 25.7 Å². The summed E-state index contributed by atoms with van der Waals surface area (Å²) in [5.74, 6) is 2.02. The zero-order valence-corrected chi connectivity index (χ0v) is 21.0. The highest BCUT2D eigenvalue weighted by atomic mass is 79.9. The van der Waals surface area contributed by atoms with Gasteiger partial charge in [-0.25, -0.2) is 0 Å². The number of pyridine rings is 2. The first-order valence-electron chi connectivity index (χ1n) is 12.1. The average Bonchev–Trinajstić information content (AvgIpc) is 2.87. The lowest BCUT2D eigenvalue weighted by molar-refractivity contribution is 0.183. The summed E-state index contributed by atoms with van der Waals surface area (Å²) >= 11 is 3.55. The van der Waals surface area contributed by atoms with Gasteiger partial charge in [0.25, 0.3) is 0 Å². The van der Waals surface area contributed by atoms with E-state index in [1.807, 2.05) is 48.7 Å². The van der Waals surface area contributed by atoms with Crippen LogP contribution in [0.15, 0.2) is 70.3 Å². The summed E-state index contributed by atoms with van der Waals surface area (Å²) in [5.41, 5.74) is 3.36. The molecule has 2 aromatic carbocycles. The van der Waals surface area contributed by atoms with Gasteiger partial charge in [-0.3, -0.25) is 14.7 Å². The lowest BCUT2D eigenvalue weighted by atomic mass is 10.0. The second kappa shape index (κ2) is 9.47. The maximum Gasteiger partial charge on any atom is 0.193 e. The van der Waals surface area contributed by atoms with Gasteiger partial charge in [0.2, 0.25) is 0 Å². The van der Waals surface area contributed by atoms with Gasteiger partial charge in [-0.05, 0) is 61.8 Å². The van der Waals surface area contributed by atoms with Crippen molar-refractivity contribution >= 4 is 26.8 Å². The van der Waals surface area contributed by atoms with E-state index in [2.05, 4.69) is 30.4 Å². The molecule has 6 nitrogen and oxygen atoms in total. The summed E-state index contributed by atoms with van der Waals surface area (Å²) in [4.78, 5) is 20.3. The van der Waals surface area contributed by atoms with E-state index in [0.717, 1.165) is 46.6 Å². The number of ether oxygens (including phenoxy) is 2. The highest BCUT2D eigenvalue weighted by Crippen LogP contribution is 2.42. The van der Waals surface area contributed by atoms with Gasteiger partial charge in [-0.2, -0.15) is 0 Å². The number of hydrogen-bond acceptors (Lipinski definition) is 5. The number of halogens is 1. The molecule has 0 saturated carbocycles. The second-order valence-corrected chi connectivity index (χ2v) is 10.1. The van der Waals surface area contributed by atoms with Gasteiger partial charge < -0.3 is 14.0 Å². The topological polar surface area (TPSA) is 56.6 Å². The van der Waals surface area contributed by atoms with Gasteiger partial charge in [0.05, 0.1) is 11.1 Å². The van der Waals surface area contributed by atoms with Gasteiger partial charge in [0, 0.05) is 47.7 Å². The molecule has 0 aliphatic carbocycles. The van der Waals surface area contributed by atoms with Crippen LogP contribution in [-0.4, -0.2) is 40.7 Å². The highest BCUT2D eigenvalue weighted by Gasteiger charge is 2.24. The molecule has 0 unspecified atom stereocenters. The lowest BCUT2D eigenvalue weighted by Gasteiger charge is -2.27. The zero-order chi connectivity index (χ0) is 23.8. The highest BCUT2D eigenvalue weighted by molar-refractivity contribution is 9.10. The van der Waals surface area contributed by atoms with Crippen molar-refractivity contribution in [3.63, 3.8) is 0 Å². The maximum atomic E-state index is 13.7. The first-order valence-corrected chi connectivity index (χ1v) is 12.9. The fourth-order valence-corrected chi connectivity index (χ4v) is 5.36. The molecule has 7 heteroatoms. The molecule has 6 rings (SSSR count). The predicted molar refractivity (Wildman–Crippen MR) is 140 cm³/mol. The molecule has 35 heavy (non-hydrogen) atoms. The van der Waals surface area contributed by atoms with Crippen LogP contribution in [-0.2, 0) is 6.42 Å². The molecule has 0 N–H and O–H groups in total. The van der Waals surface area contributed by atoms with Crippen LogP contribution in [0.4, 0.5) is 0 Å². The number of aromatic nitrogens is 2. The van der Waals surface area contributed by atoms with E-state index in [-0.39, 0.29) is 5.43 Å². The van der Waals surface area contributed by atoms with Gasteiger partial charge in [-0.1, -0.05) is 28.4 Å². The number of piperidine rings is 1. The van der Waals surface area contributed by atoms with Gasteiger partial charge in [0.15, 0.2) is 16.9 Å². The van der Waals surface area contributed by atoms with Crippen molar-refractivity contribution in [3.8, 4) is 22.9 Å². The van der Waals surface area contributed by atoms with E-state index in [9.17, 15) is 4.79 Å². The van der Waals surface area contributed by atoms with Crippen LogP contribution < -0.4 is 14.9 Å². The maximum absolute atomic E-state index is 13.7. The zero-order valence-electron chi connectivity index (χ0n) is 19.4. The smallest absolute Gasteiger partial charge is 0.193 e. The molecule has 0 atom stereocenters. The van der Waals surface area contributed by atoms with Crippen molar-refractivity contribution in [2.75, 3.05) is 26.2 Å². The van der Waals surface area contributed by atoms with E-state index >= 15 is 0 Å². The second-order valence-electron chi connectivity index (χ2n) is 9.17. The number of rotatable bonds is 6. The molecule has 2 aliphatic rings. The minimum atomic E-state index is -0.00741. The van der Waals surface area contributed by atoms with Crippen LogP contribution in [0.1, 0.15) is 30.4 Å². The molecular weight excluding hydrogens is 506 g/mol. The molecule has 1 saturated heterocycles. The van der Waals surface area contributed by atoms with Crippen LogP contribution in [0, 0.1) is 0 Å². The number of fused-ring (bicyclic) bond motifs is 2. The third kappa shape index (κ3) is 4.46. The van der Waals surface area contributed by atoms with Gasteiger partial charge in [0.1, 0.15) is 17.9 Å². The van der Waals surface area contributed by atoms with Crippen molar-refractivity contribution in [1.29, 1.82) is 0 Å². The van der Waals surface area contributed by atoms with Crippen LogP contribution in [0.5, 0.6) is 17.2 Å². The molecule has 1 fully saturated rings. The Hall–Kier alpha value is -3.16. The molecule has 0 radical (unpaired) electrons. The fourth-order valence-electron chi connectivity index (χ4n) is 5.02. The van der Waals surface area contributed by atoms with E-state index < -0.39 is 0 Å². The summed E-state index contributed by atoms with van der Waals surface area (Å²) in [6.07, 6.45) is 9.81. The molecular formula is C28H26BrN3O3. The number of nitrogens with zero attached hydrogens (tertiary/aromatic N) is 3. The molecule has 4 aromatic rings. The van der Waals surface area contributed by atoms with E-state index in [4.69, 9.17) is 9.47 Å². The lowest BCUT2D eigenvalue weighted by Crippen LogP contribution is -2.33. The Morgan fingerprint density at radius 3 is 2.77 bits per heavy atom. The molecule has 4 heterocycles. The van der Waals surface area contributed by atoms with Crippen molar-refractivity contribution < 1.29 is 9.47 Å². The quantitative estimate of drug-likeness (QED) is 0.281. The van der Waals surface area contributed by atoms with E-state index in [0.29, 0.717) is 35.5 Å². The number of hydrogen-bond donors (Lipinski definition) is 0. The minimum Gasteiger partial charge on any atom is -0.492 e. The largest absolute Gasteiger partial charge is 0.492 e. The summed E-state index contributed by atoms with van der Waals surface area (Å²) in [6, 6.07) is 13.6. The van der Waals surface area contributed by atoms with E-state index in [1.165, 1.54) is 19.3 Å². The molecule has 2 aromatic heterocycles. The minimum absolute atomic E-state index is 0.00741. The van der Waals surface area contributed by atoms with Crippen LogP contribution in [0.3, 0.4) is 0 Å². The van der Waals surface area contributed by atoms with Gasteiger partial charge in [-0.15, -0.1) is 0 Å². The number of benzene rings is 2. The summed E-state index contributed by atoms with van der Waals surface area (Å²) in [7, 11) is 0. The van der Waals surface area contributed by atoms with Crippen LogP contribution in [0.25, 0.3) is 16.6 Å². The molecule has 178 valence electrons. The first-order chi connectivity index (χ1) is 17.2. The molecule has 0 amide bonds. The Bertz CT molecular complexity index is 1450. The number of likely N-dealkylation sites (tertiary alicyclic amines) is 1. The molecule has 0 spiro atoms. The van der Waals surface area contributed by atoms with Gasteiger partial charge >= 0.3 is 0 Å². The normalized spacial score (nSPS) is 15.0. The molecule has 0 bridgehead atoms. The Morgan fingerprint density at radius 1 is 1.06 bits per heavy atom. The summed E-state index contributed by atoms with van der Waals surface area (Å²) in [5, 5.41) is 0.602. The Kier molecular flexibility index (Phi) is 6.04. The standard InChI is InChI=1S/C28H26BrN3O3/c29-21-6-7-24-25(14-21)35-26-16-22(34-12-11-31-9-2-1-3-10-31)15-23-27(26)32(24)18-20(28(23)33)13-19-5-4-8-30-17-19/h4-8,14-18H,1-3,9-13H2. The van der Waals surface area contributed by atoms with Crippen LogP contribution >= 0.6 is 15.9 Å². The van der Waals surface area contributed by atoms with Crippen LogP contribution in [0.2, 0.25) is 0 Å². The fraction of sp³-hybridized carbons (Fsp3) is 0.286. The van der Waals surface area contributed by atoms with E-state index in [1.54, 1.807) is 12.4 Å². The van der Waals surface area contributed by atoms with Crippen molar-refractivity contribution in [1.82, 2.24) is 14.5 Å². The third-order valence-electron chi connectivity index (χ3n) is 6.75. The average molecular weight is 532 g/mol. The summed E-state index contributed by atoms with van der Waals surface area (Å²) < 4.78 is 15.5. The summed E-state index contributed by atoms with van der Waals surface area (Å²) in [6.45, 7) is 3.72. The molecule has 2 aliphatic heterocycles. The SMILES string of the molecule is O=c1c(Cc2cccnc2)cn2c3c(cc(OCCN4CCCCC4)cc13)Oc1cc(Br)ccc1-2. The van der Waals surface area contributed by atoms with Crippen molar-refractivity contribution in [2.24, 2.45) is 0 Å². The first kappa shape index (κ1) is 22.3. The van der Waals surface area contributed by atoms with Crippen molar-refractivity contribution in [3.05, 3.63) is 86.9 Å². The predicted octanol–water partition coefficient (Wildman–Crippen LogP) is 5.71. The monoisotopic (exact) mass is 531 g/mol. The Morgan fingerprint density at radius 2 is 1.94 bits per heavy atom. The Balaban J connectivity index is 1.42.